The van der Waals surface area contributed by atoms with Crippen molar-refractivity contribution in [1.29, 1.82) is 0 Å². The van der Waals surface area contributed by atoms with Crippen molar-refractivity contribution < 1.29 is 41.3 Å². The molecule has 0 heterocycles. The Labute approximate surface area is 85.6 Å². The van der Waals surface area contributed by atoms with E-state index < -0.39 is 22.7 Å². The minimum atomic E-state index is -0.417. The van der Waals surface area contributed by atoms with Crippen LogP contribution in [0, 0.1) is 22.7 Å². The van der Waals surface area contributed by atoms with Gasteiger partial charge in [0, 0.05) is 0 Å². The summed E-state index contributed by atoms with van der Waals surface area (Å²) in [6.07, 6.45) is 0. The maximum absolute atomic E-state index is 8.24. The molecule has 0 bridgehead atoms. The molecule has 0 aliphatic heterocycles. The van der Waals surface area contributed by atoms with Crippen LogP contribution in [0.2, 0.25) is 0 Å². The molecule has 0 aromatic carbocycles. The van der Waals surface area contributed by atoms with E-state index >= 15 is 0 Å². The van der Waals surface area contributed by atoms with Crippen molar-refractivity contribution in [3.05, 3.63) is 0 Å². The monoisotopic (exact) mass is 222 g/mol. The Morgan fingerprint density at radius 1 is 0.714 bits per heavy atom. The molecule has 0 aliphatic carbocycles. The normalized spacial score (nSPS) is 5.14. The van der Waals surface area contributed by atoms with Crippen LogP contribution >= 0.6 is 0 Å². The molecule has 0 spiro atoms. The zero-order valence-corrected chi connectivity index (χ0v) is 8.08. The average molecular weight is 223 g/mol. The van der Waals surface area contributed by atoms with Gasteiger partial charge in [0.05, 0.1) is 22.7 Å². The summed E-state index contributed by atoms with van der Waals surface area (Å²) in [5.41, 5.74) is 0. The zero-order chi connectivity index (χ0) is 5.41. The Morgan fingerprint density at radius 3 is 0.714 bits per heavy atom. The number of hydrogen-bond acceptors (Lipinski definition) is 4. The standard InChI is InChI=1S/2ClO2.Sr/c2*2-1-3;/q2*-1;+2. The first-order chi connectivity index (χ1) is 2.83. The third-order valence-corrected chi connectivity index (χ3v) is 0. The second-order valence-corrected chi connectivity index (χ2v) is 0.378. The first kappa shape index (κ1) is 16.0. The summed E-state index contributed by atoms with van der Waals surface area (Å²) in [5, 5.41) is 0. The smallest absolute Gasteiger partial charge is 0.544 e. The summed E-state index contributed by atoms with van der Waals surface area (Å²) in [4.78, 5) is 0. The Balaban J connectivity index is -0.0000000400. The van der Waals surface area contributed by atoms with Crippen LogP contribution in [-0.4, -0.2) is 45.5 Å². The van der Waals surface area contributed by atoms with E-state index in [1.807, 2.05) is 0 Å². The van der Waals surface area contributed by atoms with E-state index in [4.69, 9.17) is 18.6 Å². The van der Waals surface area contributed by atoms with Crippen molar-refractivity contribution in [2.75, 3.05) is 0 Å². The van der Waals surface area contributed by atoms with Gasteiger partial charge in [-0.1, -0.05) is 0 Å². The van der Waals surface area contributed by atoms with Crippen LogP contribution in [0.25, 0.3) is 0 Å². The van der Waals surface area contributed by atoms with Crippen LogP contribution < -0.4 is 18.6 Å². The summed E-state index contributed by atoms with van der Waals surface area (Å²) in [5.74, 6) is 0. The summed E-state index contributed by atoms with van der Waals surface area (Å²) in [6, 6.07) is 0. The van der Waals surface area contributed by atoms with Gasteiger partial charge >= 0.3 is 45.5 Å². The fourth-order valence-corrected chi connectivity index (χ4v) is 0. The Morgan fingerprint density at radius 2 is 0.714 bits per heavy atom. The summed E-state index contributed by atoms with van der Waals surface area (Å²) >= 11 is -0.833. The summed E-state index contributed by atoms with van der Waals surface area (Å²) < 4.78 is 32.9. The van der Waals surface area contributed by atoms with E-state index in [2.05, 4.69) is 0 Å². The molecule has 40 valence electrons. The quantitative estimate of drug-likeness (QED) is 0.383. The van der Waals surface area contributed by atoms with Gasteiger partial charge < -0.3 is 18.6 Å². The van der Waals surface area contributed by atoms with Crippen LogP contribution in [0.15, 0.2) is 0 Å². The van der Waals surface area contributed by atoms with E-state index in [0.717, 1.165) is 0 Å². The molecule has 0 radical (unpaired) electrons. The van der Waals surface area contributed by atoms with Crippen molar-refractivity contribution >= 4 is 45.5 Å². The van der Waals surface area contributed by atoms with E-state index in [0.29, 0.717) is 0 Å². The molecule has 7 heteroatoms. The van der Waals surface area contributed by atoms with Gasteiger partial charge in [0.25, 0.3) is 0 Å². The topological polar surface area (TPSA) is 92.2 Å². The first-order valence-electron chi connectivity index (χ1n) is 0.617. The average Bonchev–Trinajstić information content (AvgIpc) is 1.39. The molecule has 0 amide bonds. The number of rotatable bonds is 0. The molecule has 0 saturated heterocycles. The maximum atomic E-state index is 8.24. The van der Waals surface area contributed by atoms with Gasteiger partial charge in [-0.25, -0.2) is 0 Å². The van der Waals surface area contributed by atoms with E-state index in [-0.39, 0.29) is 45.5 Å². The molecule has 0 saturated carbocycles. The van der Waals surface area contributed by atoms with Gasteiger partial charge in [-0.15, -0.1) is 0 Å². The molecule has 4 nitrogen and oxygen atoms in total. The minimum absolute atomic E-state index is 0. The predicted molar refractivity (Wildman–Crippen MR) is 5.75 cm³/mol. The maximum Gasteiger partial charge on any atom is 2.00 e. The van der Waals surface area contributed by atoms with Gasteiger partial charge in [-0.3, -0.25) is 0 Å². The number of halogens is 2. The largest absolute Gasteiger partial charge is 2.00 e. The number of hydrogen-bond donors (Lipinski definition) is 0. The molecule has 0 aliphatic rings. The van der Waals surface area contributed by atoms with Crippen molar-refractivity contribution in [1.82, 2.24) is 0 Å². The van der Waals surface area contributed by atoms with E-state index in [9.17, 15) is 0 Å². The molecule has 7 heavy (non-hydrogen) atoms. The Hall–Kier alpha value is 1.90. The molecular formula is Cl2O4Sr. The zero-order valence-electron chi connectivity index (χ0n) is 3.10. The van der Waals surface area contributed by atoms with Gasteiger partial charge in [-0.2, -0.15) is 0 Å². The third kappa shape index (κ3) is 76.2. The van der Waals surface area contributed by atoms with Crippen molar-refractivity contribution in [2.24, 2.45) is 0 Å². The van der Waals surface area contributed by atoms with Crippen LogP contribution in [-0.2, 0) is 0 Å². The molecule has 0 aromatic rings. The first-order valence-corrected chi connectivity index (χ1v) is 1.85. The van der Waals surface area contributed by atoms with Crippen molar-refractivity contribution in [3.63, 3.8) is 0 Å². The fourth-order valence-electron chi connectivity index (χ4n) is 0. The van der Waals surface area contributed by atoms with Gasteiger partial charge in [-0.05, 0) is 0 Å². The van der Waals surface area contributed by atoms with Crippen LogP contribution in [0.1, 0.15) is 0 Å². The van der Waals surface area contributed by atoms with Gasteiger partial charge in [0.2, 0.25) is 0 Å². The van der Waals surface area contributed by atoms with Crippen molar-refractivity contribution in [3.8, 4) is 0 Å². The Bertz CT molecular complexity index is 11.7. The molecule has 0 unspecified atom stereocenters. The second-order valence-electron chi connectivity index (χ2n) is 0.126. The third-order valence-electron chi connectivity index (χ3n) is 0. The molecular weight excluding hydrogens is 223 g/mol. The van der Waals surface area contributed by atoms with Gasteiger partial charge in [0.15, 0.2) is 0 Å². The molecule has 0 rings (SSSR count). The summed E-state index contributed by atoms with van der Waals surface area (Å²) in [7, 11) is 0. The predicted octanol–water partition coefficient (Wildman–Crippen LogP) is -5.14. The Kier molecular flexibility index (Phi) is 56.4. The molecule has 0 atom stereocenters. The molecule has 0 aromatic heterocycles. The van der Waals surface area contributed by atoms with Crippen LogP contribution in [0.3, 0.4) is 0 Å². The van der Waals surface area contributed by atoms with Gasteiger partial charge in [0.1, 0.15) is 0 Å². The summed E-state index contributed by atoms with van der Waals surface area (Å²) in [6.45, 7) is 0. The molecule has 0 N–H and O–H groups in total. The second kappa shape index (κ2) is 24.7. The SMILES string of the molecule is [O-][Cl+][O-].[O-][Cl+][O-].[Sr+2]. The van der Waals surface area contributed by atoms with E-state index in [1.165, 1.54) is 0 Å². The van der Waals surface area contributed by atoms with Crippen LogP contribution in [0.4, 0.5) is 0 Å². The van der Waals surface area contributed by atoms with Crippen molar-refractivity contribution in [2.45, 2.75) is 0 Å². The van der Waals surface area contributed by atoms with E-state index in [1.54, 1.807) is 0 Å². The fraction of sp³-hybridized carbons (Fsp3) is 0. The molecule has 0 fully saturated rings. The van der Waals surface area contributed by atoms with Crippen LogP contribution in [0.5, 0.6) is 0 Å². The minimum Gasteiger partial charge on any atom is -0.544 e.